The number of carbonyl (C=O) groups is 1. The minimum absolute atomic E-state index is 0.0106. The van der Waals surface area contributed by atoms with Crippen LogP contribution in [0.1, 0.15) is 22.6 Å². The molecule has 1 N–H and O–H groups in total. The second-order valence-corrected chi connectivity index (χ2v) is 5.11. The number of benzene rings is 2. The molecule has 20 heavy (non-hydrogen) atoms. The summed E-state index contributed by atoms with van der Waals surface area (Å²) in [6.07, 6.45) is 0.278. The Balaban J connectivity index is 2.33. The monoisotopic (exact) mass is 292 g/mol. The average molecular weight is 293 g/mol. The number of hydrogen-bond acceptors (Lipinski definition) is 1. The summed E-state index contributed by atoms with van der Waals surface area (Å²) in [5.41, 5.74) is 2.39. The van der Waals surface area contributed by atoms with Crippen LogP contribution < -0.4 is 0 Å². The summed E-state index contributed by atoms with van der Waals surface area (Å²) < 4.78 is 13.1. The van der Waals surface area contributed by atoms with Gasteiger partial charge in [0, 0.05) is 0 Å². The third kappa shape index (κ3) is 3.17. The van der Waals surface area contributed by atoms with Crippen LogP contribution in [0, 0.1) is 12.7 Å². The van der Waals surface area contributed by atoms with Crippen LogP contribution in [-0.4, -0.2) is 11.1 Å². The molecular formula is C16H14ClFO2. The van der Waals surface area contributed by atoms with Crippen molar-refractivity contribution in [2.24, 2.45) is 0 Å². The molecule has 0 aliphatic rings. The van der Waals surface area contributed by atoms with Gasteiger partial charge in [-0.2, -0.15) is 0 Å². The van der Waals surface area contributed by atoms with Crippen molar-refractivity contribution in [3.63, 3.8) is 0 Å². The first-order valence-electron chi connectivity index (χ1n) is 6.21. The maximum Gasteiger partial charge on any atom is 0.311 e. The van der Waals surface area contributed by atoms with Gasteiger partial charge in [-0.3, -0.25) is 4.79 Å². The minimum Gasteiger partial charge on any atom is -0.481 e. The number of hydrogen-bond donors (Lipinski definition) is 1. The Bertz CT molecular complexity index is 640. The van der Waals surface area contributed by atoms with Gasteiger partial charge in [0.2, 0.25) is 0 Å². The van der Waals surface area contributed by atoms with E-state index in [4.69, 9.17) is 11.6 Å². The first-order chi connectivity index (χ1) is 9.49. The van der Waals surface area contributed by atoms with Gasteiger partial charge in [-0.1, -0.05) is 41.9 Å². The van der Waals surface area contributed by atoms with Gasteiger partial charge in [0.1, 0.15) is 5.82 Å². The molecule has 0 bridgehead atoms. The first-order valence-corrected chi connectivity index (χ1v) is 6.59. The molecular weight excluding hydrogens is 279 g/mol. The van der Waals surface area contributed by atoms with Gasteiger partial charge in [-0.25, -0.2) is 4.39 Å². The van der Waals surface area contributed by atoms with Crippen molar-refractivity contribution in [2.45, 2.75) is 19.3 Å². The fourth-order valence-electron chi connectivity index (χ4n) is 2.21. The molecule has 2 aromatic rings. The van der Waals surface area contributed by atoms with Gasteiger partial charge >= 0.3 is 5.97 Å². The summed E-state index contributed by atoms with van der Waals surface area (Å²) in [5.74, 6) is -2.07. The predicted octanol–water partition coefficient (Wildman–Crippen LogP) is 4.20. The minimum atomic E-state index is -0.903. The number of carboxylic acid groups (broad SMARTS) is 1. The second kappa shape index (κ2) is 6.06. The van der Waals surface area contributed by atoms with Gasteiger partial charge in [0.15, 0.2) is 0 Å². The molecule has 0 aliphatic heterocycles. The zero-order valence-electron chi connectivity index (χ0n) is 10.9. The van der Waals surface area contributed by atoms with Gasteiger partial charge < -0.3 is 5.11 Å². The van der Waals surface area contributed by atoms with Crippen LogP contribution in [-0.2, 0) is 11.2 Å². The van der Waals surface area contributed by atoms with Gasteiger partial charge in [0.25, 0.3) is 0 Å². The topological polar surface area (TPSA) is 37.3 Å². The zero-order valence-corrected chi connectivity index (χ0v) is 11.7. The molecule has 0 saturated heterocycles. The summed E-state index contributed by atoms with van der Waals surface area (Å²) in [7, 11) is 0. The normalized spacial score (nSPS) is 12.2. The summed E-state index contributed by atoms with van der Waals surface area (Å²) in [5, 5.41) is 9.44. The fourth-order valence-corrected chi connectivity index (χ4v) is 2.41. The van der Waals surface area contributed by atoms with E-state index in [1.807, 2.05) is 25.1 Å². The number of halogens is 2. The van der Waals surface area contributed by atoms with Crippen LogP contribution >= 0.6 is 11.6 Å². The fraction of sp³-hybridized carbons (Fsp3) is 0.188. The lowest BCUT2D eigenvalue weighted by Crippen LogP contribution is -2.15. The van der Waals surface area contributed by atoms with Crippen LogP contribution in [0.2, 0.25) is 5.02 Å². The van der Waals surface area contributed by atoms with Crippen molar-refractivity contribution in [1.82, 2.24) is 0 Å². The SMILES string of the molecule is Cc1ccccc1C(Cc1ccc(F)c(Cl)c1)C(=O)O. The van der Waals surface area contributed by atoms with E-state index < -0.39 is 17.7 Å². The van der Waals surface area contributed by atoms with E-state index in [0.717, 1.165) is 11.1 Å². The quantitative estimate of drug-likeness (QED) is 0.917. The number of aliphatic carboxylic acids is 1. The molecule has 0 aliphatic carbocycles. The highest BCUT2D eigenvalue weighted by atomic mass is 35.5. The van der Waals surface area contributed by atoms with Gasteiger partial charge in [-0.05, 0) is 42.2 Å². The Hall–Kier alpha value is -1.87. The lowest BCUT2D eigenvalue weighted by Gasteiger charge is -2.15. The Labute approximate surface area is 121 Å². The Morgan fingerprint density at radius 1 is 1.30 bits per heavy atom. The second-order valence-electron chi connectivity index (χ2n) is 4.70. The maximum atomic E-state index is 13.1. The lowest BCUT2D eigenvalue weighted by atomic mass is 9.89. The number of aryl methyl sites for hydroxylation is 1. The molecule has 0 saturated carbocycles. The third-order valence-electron chi connectivity index (χ3n) is 3.29. The van der Waals surface area contributed by atoms with Crippen molar-refractivity contribution >= 4 is 17.6 Å². The van der Waals surface area contributed by atoms with Crippen molar-refractivity contribution in [2.75, 3.05) is 0 Å². The van der Waals surface area contributed by atoms with Crippen molar-refractivity contribution in [1.29, 1.82) is 0 Å². The summed E-state index contributed by atoms with van der Waals surface area (Å²) in [4.78, 5) is 11.5. The molecule has 2 rings (SSSR count). The van der Waals surface area contributed by atoms with E-state index in [9.17, 15) is 14.3 Å². The van der Waals surface area contributed by atoms with E-state index in [1.54, 1.807) is 12.1 Å². The average Bonchev–Trinajstić information content (AvgIpc) is 2.41. The van der Waals surface area contributed by atoms with Crippen molar-refractivity contribution in [3.05, 3.63) is 70.0 Å². The predicted molar refractivity (Wildman–Crippen MR) is 76.7 cm³/mol. The highest BCUT2D eigenvalue weighted by Crippen LogP contribution is 2.26. The number of carboxylic acids is 1. The van der Waals surface area contributed by atoms with E-state index in [0.29, 0.717) is 5.56 Å². The van der Waals surface area contributed by atoms with E-state index in [1.165, 1.54) is 12.1 Å². The molecule has 2 aromatic carbocycles. The van der Waals surface area contributed by atoms with E-state index >= 15 is 0 Å². The van der Waals surface area contributed by atoms with Crippen LogP contribution in [0.4, 0.5) is 4.39 Å². The highest BCUT2D eigenvalue weighted by molar-refractivity contribution is 6.30. The standard InChI is InChI=1S/C16H14ClFO2/c1-10-4-2-3-5-12(10)13(16(19)20)8-11-6-7-15(18)14(17)9-11/h2-7,9,13H,8H2,1H3,(H,19,20). The Kier molecular flexibility index (Phi) is 4.40. The van der Waals surface area contributed by atoms with Gasteiger partial charge in [-0.15, -0.1) is 0 Å². The van der Waals surface area contributed by atoms with Gasteiger partial charge in [0.05, 0.1) is 10.9 Å². The maximum absolute atomic E-state index is 13.1. The third-order valence-corrected chi connectivity index (χ3v) is 3.58. The van der Waals surface area contributed by atoms with E-state index in [2.05, 4.69) is 0 Å². The van der Waals surface area contributed by atoms with Crippen LogP contribution in [0.5, 0.6) is 0 Å². The molecule has 1 atom stereocenters. The molecule has 0 fully saturated rings. The van der Waals surface area contributed by atoms with Crippen molar-refractivity contribution in [3.8, 4) is 0 Å². The zero-order chi connectivity index (χ0) is 14.7. The van der Waals surface area contributed by atoms with Crippen LogP contribution in [0.25, 0.3) is 0 Å². The molecule has 0 radical (unpaired) electrons. The Morgan fingerprint density at radius 2 is 2.00 bits per heavy atom. The molecule has 1 unspecified atom stereocenters. The summed E-state index contributed by atoms with van der Waals surface area (Å²) >= 11 is 5.73. The molecule has 104 valence electrons. The molecule has 0 heterocycles. The van der Waals surface area contributed by atoms with Crippen LogP contribution in [0.15, 0.2) is 42.5 Å². The lowest BCUT2D eigenvalue weighted by molar-refractivity contribution is -0.138. The molecule has 0 amide bonds. The highest BCUT2D eigenvalue weighted by Gasteiger charge is 2.22. The largest absolute Gasteiger partial charge is 0.481 e. The molecule has 4 heteroatoms. The van der Waals surface area contributed by atoms with Crippen molar-refractivity contribution < 1.29 is 14.3 Å². The molecule has 0 spiro atoms. The molecule has 2 nitrogen and oxygen atoms in total. The van der Waals surface area contributed by atoms with Crippen LogP contribution in [0.3, 0.4) is 0 Å². The summed E-state index contributed by atoms with van der Waals surface area (Å²) in [6, 6.07) is 11.7. The molecule has 0 aromatic heterocycles. The Morgan fingerprint density at radius 3 is 2.60 bits per heavy atom. The number of rotatable bonds is 4. The van der Waals surface area contributed by atoms with E-state index in [-0.39, 0.29) is 11.4 Å². The first kappa shape index (κ1) is 14.5. The summed E-state index contributed by atoms with van der Waals surface area (Å²) in [6.45, 7) is 1.88. The smallest absolute Gasteiger partial charge is 0.311 e.